The molecule has 1 aliphatic rings. The Morgan fingerprint density at radius 1 is 1.40 bits per heavy atom. The van der Waals surface area contributed by atoms with Gasteiger partial charge in [-0.05, 0) is 31.5 Å². The summed E-state index contributed by atoms with van der Waals surface area (Å²) in [5.41, 5.74) is 0.209. The second-order valence-corrected chi connectivity index (χ2v) is 6.50. The first-order valence-corrected chi connectivity index (χ1v) is 8.68. The highest BCUT2D eigenvalue weighted by molar-refractivity contribution is 5.81. The Hall–Kier alpha value is -2.18. The molecule has 1 heterocycles. The van der Waals surface area contributed by atoms with Crippen LogP contribution in [0.4, 0.5) is 8.78 Å². The third-order valence-corrected chi connectivity index (χ3v) is 4.09. The van der Waals surface area contributed by atoms with E-state index in [4.69, 9.17) is 0 Å². The lowest BCUT2D eigenvalue weighted by atomic mass is 10.2. The number of nitrogens with one attached hydrogen (secondary N) is 2. The maximum Gasteiger partial charge on any atom is 0.225 e. The van der Waals surface area contributed by atoms with Crippen molar-refractivity contribution in [1.29, 1.82) is 0 Å². The van der Waals surface area contributed by atoms with Crippen LogP contribution in [-0.2, 0) is 11.3 Å². The van der Waals surface area contributed by atoms with E-state index in [1.54, 1.807) is 0 Å². The van der Waals surface area contributed by atoms with Crippen LogP contribution in [0.3, 0.4) is 0 Å². The number of rotatable bonds is 5. The van der Waals surface area contributed by atoms with Crippen molar-refractivity contribution in [3.05, 3.63) is 35.4 Å². The van der Waals surface area contributed by atoms with Gasteiger partial charge in [-0.15, -0.1) is 0 Å². The average Bonchev–Trinajstić information content (AvgIpc) is 3.03. The number of amides is 1. The predicted molar refractivity (Wildman–Crippen MR) is 94.1 cm³/mol. The van der Waals surface area contributed by atoms with Gasteiger partial charge >= 0.3 is 0 Å². The first-order chi connectivity index (χ1) is 11.9. The van der Waals surface area contributed by atoms with Crippen molar-refractivity contribution >= 4 is 11.9 Å². The minimum Gasteiger partial charge on any atom is -0.357 e. The van der Waals surface area contributed by atoms with Gasteiger partial charge in [0.25, 0.3) is 0 Å². The number of benzene rings is 1. The molecule has 138 valence electrons. The van der Waals surface area contributed by atoms with Gasteiger partial charge < -0.3 is 15.5 Å². The Morgan fingerprint density at radius 3 is 2.84 bits per heavy atom. The molecule has 5 nitrogen and oxygen atoms in total. The molecular formula is C18H26F2N4O. The molecule has 1 saturated heterocycles. The number of halogens is 2. The SMILES string of the molecule is CCNC(=NCc1cc(F)ccc1F)NC1CCN(C(=O)C(C)C)C1. The molecule has 2 N–H and O–H groups in total. The number of hydrogen-bond donors (Lipinski definition) is 2. The van der Waals surface area contributed by atoms with Crippen LogP contribution in [-0.4, -0.2) is 42.4 Å². The number of guanidine groups is 1. The summed E-state index contributed by atoms with van der Waals surface area (Å²) in [6.45, 7) is 7.75. The molecule has 1 aromatic rings. The third-order valence-electron chi connectivity index (χ3n) is 4.09. The van der Waals surface area contributed by atoms with Crippen LogP contribution < -0.4 is 10.6 Å². The lowest BCUT2D eigenvalue weighted by Crippen LogP contribution is -2.45. The van der Waals surface area contributed by atoms with Crippen molar-refractivity contribution < 1.29 is 13.6 Å². The highest BCUT2D eigenvalue weighted by Crippen LogP contribution is 2.13. The Labute approximate surface area is 147 Å². The molecule has 7 heteroatoms. The van der Waals surface area contributed by atoms with Gasteiger partial charge in [0.05, 0.1) is 6.54 Å². The molecule has 0 aromatic heterocycles. The van der Waals surface area contributed by atoms with Crippen LogP contribution in [0.5, 0.6) is 0 Å². The van der Waals surface area contributed by atoms with E-state index in [-0.39, 0.29) is 30.0 Å². The molecule has 1 aliphatic heterocycles. The number of nitrogens with zero attached hydrogens (tertiary/aromatic N) is 2. The molecule has 0 radical (unpaired) electrons. The summed E-state index contributed by atoms with van der Waals surface area (Å²) >= 11 is 0. The van der Waals surface area contributed by atoms with Crippen LogP contribution in [0.25, 0.3) is 0 Å². The number of hydrogen-bond acceptors (Lipinski definition) is 2. The van der Waals surface area contributed by atoms with Crippen molar-refractivity contribution in [2.75, 3.05) is 19.6 Å². The molecule has 0 aliphatic carbocycles. The number of carbonyl (C=O) groups excluding carboxylic acids is 1. The van der Waals surface area contributed by atoms with Gasteiger partial charge in [0, 0.05) is 37.2 Å². The first kappa shape index (κ1) is 19.1. The van der Waals surface area contributed by atoms with Crippen molar-refractivity contribution in [3.63, 3.8) is 0 Å². The van der Waals surface area contributed by atoms with Crippen LogP contribution in [0, 0.1) is 17.6 Å². The zero-order valence-electron chi connectivity index (χ0n) is 15.0. The normalized spacial score (nSPS) is 17.9. The van der Waals surface area contributed by atoms with E-state index < -0.39 is 11.6 Å². The summed E-state index contributed by atoms with van der Waals surface area (Å²) in [6, 6.07) is 3.44. The Balaban J connectivity index is 1.99. The quantitative estimate of drug-likeness (QED) is 0.631. The fourth-order valence-corrected chi connectivity index (χ4v) is 2.79. The largest absolute Gasteiger partial charge is 0.357 e. The van der Waals surface area contributed by atoms with Crippen molar-refractivity contribution in [2.45, 2.75) is 39.8 Å². The summed E-state index contributed by atoms with van der Waals surface area (Å²) in [6.07, 6.45) is 0.831. The third kappa shape index (κ3) is 5.41. The fourth-order valence-electron chi connectivity index (χ4n) is 2.79. The van der Waals surface area contributed by atoms with Gasteiger partial charge in [-0.3, -0.25) is 4.79 Å². The van der Waals surface area contributed by atoms with Crippen molar-refractivity contribution in [3.8, 4) is 0 Å². The molecule has 1 fully saturated rings. The van der Waals surface area contributed by atoms with Crippen LogP contribution in [0.1, 0.15) is 32.8 Å². The van der Waals surface area contributed by atoms with Gasteiger partial charge in [0.15, 0.2) is 5.96 Å². The molecule has 25 heavy (non-hydrogen) atoms. The van der Waals surface area contributed by atoms with Crippen molar-refractivity contribution in [2.24, 2.45) is 10.9 Å². The Bertz CT molecular complexity index is 634. The molecule has 1 atom stereocenters. The van der Waals surface area contributed by atoms with E-state index in [0.717, 1.165) is 24.6 Å². The monoisotopic (exact) mass is 352 g/mol. The number of aliphatic imine (C=N–C) groups is 1. The minimum absolute atomic E-state index is 0.0170. The summed E-state index contributed by atoms with van der Waals surface area (Å²) in [5.74, 6) is -0.293. The Morgan fingerprint density at radius 2 is 2.16 bits per heavy atom. The second kappa shape index (κ2) is 8.78. The number of likely N-dealkylation sites (tertiary alicyclic amines) is 1. The zero-order chi connectivity index (χ0) is 18.4. The maximum absolute atomic E-state index is 13.7. The van der Waals surface area contributed by atoms with E-state index in [9.17, 15) is 13.6 Å². The van der Waals surface area contributed by atoms with Gasteiger partial charge in [-0.25, -0.2) is 13.8 Å². The molecule has 1 aromatic carbocycles. The highest BCUT2D eigenvalue weighted by Gasteiger charge is 2.27. The lowest BCUT2D eigenvalue weighted by Gasteiger charge is -2.20. The van der Waals surface area contributed by atoms with Crippen LogP contribution in [0.15, 0.2) is 23.2 Å². The Kier molecular flexibility index (Phi) is 6.73. The van der Waals surface area contributed by atoms with E-state index in [1.165, 1.54) is 0 Å². The summed E-state index contributed by atoms with van der Waals surface area (Å²) in [5, 5.41) is 6.37. The van der Waals surface area contributed by atoms with Gasteiger partial charge in [-0.1, -0.05) is 13.8 Å². The van der Waals surface area contributed by atoms with E-state index >= 15 is 0 Å². The molecule has 0 saturated carbocycles. The summed E-state index contributed by atoms with van der Waals surface area (Å²) in [7, 11) is 0. The van der Waals surface area contributed by atoms with Crippen LogP contribution >= 0.6 is 0 Å². The second-order valence-electron chi connectivity index (χ2n) is 6.50. The summed E-state index contributed by atoms with van der Waals surface area (Å²) < 4.78 is 27.0. The zero-order valence-corrected chi connectivity index (χ0v) is 15.0. The van der Waals surface area contributed by atoms with E-state index in [0.29, 0.717) is 25.6 Å². The van der Waals surface area contributed by atoms with Crippen molar-refractivity contribution in [1.82, 2.24) is 15.5 Å². The first-order valence-electron chi connectivity index (χ1n) is 8.68. The van der Waals surface area contributed by atoms with E-state index in [1.807, 2.05) is 25.7 Å². The lowest BCUT2D eigenvalue weighted by molar-refractivity contribution is -0.133. The molecular weight excluding hydrogens is 326 g/mol. The molecule has 2 rings (SSSR count). The molecule has 1 amide bonds. The molecule has 0 spiro atoms. The molecule has 1 unspecified atom stereocenters. The smallest absolute Gasteiger partial charge is 0.225 e. The standard InChI is InChI=1S/C18H26F2N4O/c1-4-21-18(22-10-13-9-14(19)5-6-16(13)20)23-15-7-8-24(11-15)17(25)12(2)3/h5-6,9,12,15H,4,7-8,10-11H2,1-3H3,(H2,21,22,23). The highest BCUT2D eigenvalue weighted by atomic mass is 19.1. The molecule has 0 bridgehead atoms. The number of carbonyl (C=O) groups is 1. The maximum atomic E-state index is 13.7. The van der Waals surface area contributed by atoms with Gasteiger partial charge in [0.1, 0.15) is 11.6 Å². The topological polar surface area (TPSA) is 56.7 Å². The van der Waals surface area contributed by atoms with Gasteiger partial charge in [-0.2, -0.15) is 0 Å². The average molecular weight is 352 g/mol. The van der Waals surface area contributed by atoms with E-state index in [2.05, 4.69) is 15.6 Å². The van der Waals surface area contributed by atoms with Crippen LogP contribution in [0.2, 0.25) is 0 Å². The summed E-state index contributed by atoms with van der Waals surface area (Å²) in [4.78, 5) is 18.2. The van der Waals surface area contributed by atoms with Gasteiger partial charge in [0.2, 0.25) is 5.91 Å². The predicted octanol–water partition coefficient (Wildman–Crippen LogP) is 2.28. The minimum atomic E-state index is -0.483. The fraction of sp³-hybridized carbons (Fsp3) is 0.556.